The van der Waals surface area contributed by atoms with Crippen LogP contribution in [0.15, 0.2) is 36.4 Å². The SMILES string of the molecule is Cc1cc(C)c(-c2ccccc2-c2nc(C#N)c(C#N)[nH]2)c(C)c1. The average molecular weight is 312 g/mol. The van der Waals surface area contributed by atoms with Gasteiger partial charge in [0.1, 0.15) is 18.0 Å². The summed E-state index contributed by atoms with van der Waals surface area (Å²) in [5.41, 5.74) is 6.99. The molecule has 0 atom stereocenters. The Hall–Kier alpha value is -3.37. The molecule has 0 radical (unpaired) electrons. The van der Waals surface area contributed by atoms with E-state index in [9.17, 15) is 0 Å². The van der Waals surface area contributed by atoms with E-state index in [0.717, 1.165) is 16.7 Å². The van der Waals surface area contributed by atoms with E-state index in [4.69, 9.17) is 10.5 Å². The molecule has 0 aliphatic heterocycles. The molecule has 116 valence electrons. The third-order valence-corrected chi connectivity index (χ3v) is 4.05. The minimum atomic E-state index is 0.125. The van der Waals surface area contributed by atoms with Gasteiger partial charge in [-0.2, -0.15) is 10.5 Å². The summed E-state index contributed by atoms with van der Waals surface area (Å²) in [6.45, 7) is 6.27. The number of imidazole rings is 1. The first-order valence-electron chi connectivity index (χ1n) is 7.63. The second kappa shape index (κ2) is 6.02. The van der Waals surface area contributed by atoms with Crippen LogP contribution in [0.3, 0.4) is 0 Å². The highest BCUT2D eigenvalue weighted by Crippen LogP contribution is 2.35. The first kappa shape index (κ1) is 15.5. The number of hydrogen-bond donors (Lipinski definition) is 1. The molecule has 0 bridgehead atoms. The largest absolute Gasteiger partial charge is 0.329 e. The van der Waals surface area contributed by atoms with Gasteiger partial charge < -0.3 is 4.98 Å². The molecule has 0 spiro atoms. The van der Waals surface area contributed by atoms with Gasteiger partial charge >= 0.3 is 0 Å². The standard InChI is InChI=1S/C20H16N4/c1-12-8-13(2)19(14(3)9-12)15-6-4-5-7-16(15)20-23-17(10-21)18(11-22)24-20/h4-9H,1-3H3,(H,23,24). The Kier molecular flexibility index (Phi) is 3.90. The number of nitriles is 2. The third-order valence-electron chi connectivity index (χ3n) is 4.05. The van der Waals surface area contributed by atoms with Gasteiger partial charge in [-0.1, -0.05) is 42.0 Å². The summed E-state index contributed by atoms with van der Waals surface area (Å²) in [4.78, 5) is 7.26. The monoisotopic (exact) mass is 312 g/mol. The molecule has 1 aromatic heterocycles. The molecule has 0 aliphatic rings. The number of nitrogens with one attached hydrogen (secondary N) is 1. The molecule has 0 fully saturated rings. The van der Waals surface area contributed by atoms with Crippen molar-refractivity contribution in [1.29, 1.82) is 10.5 Å². The summed E-state index contributed by atoms with van der Waals surface area (Å²) in [5.74, 6) is 0.540. The van der Waals surface area contributed by atoms with Crippen molar-refractivity contribution in [2.24, 2.45) is 0 Å². The van der Waals surface area contributed by atoms with Crippen LogP contribution in [0.25, 0.3) is 22.5 Å². The van der Waals surface area contributed by atoms with Crippen LogP contribution in [-0.2, 0) is 0 Å². The molecule has 4 nitrogen and oxygen atoms in total. The summed E-state index contributed by atoms with van der Waals surface area (Å²) in [7, 11) is 0. The van der Waals surface area contributed by atoms with Crippen LogP contribution in [-0.4, -0.2) is 9.97 Å². The van der Waals surface area contributed by atoms with Gasteiger partial charge in [0, 0.05) is 5.56 Å². The van der Waals surface area contributed by atoms with Gasteiger partial charge in [-0.15, -0.1) is 0 Å². The average Bonchev–Trinajstić information content (AvgIpc) is 2.97. The summed E-state index contributed by atoms with van der Waals surface area (Å²) in [5, 5.41) is 18.3. The van der Waals surface area contributed by atoms with Crippen LogP contribution >= 0.6 is 0 Å². The first-order valence-corrected chi connectivity index (χ1v) is 7.63. The lowest BCUT2D eigenvalue weighted by Crippen LogP contribution is -1.93. The Bertz CT molecular complexity index is 958. The highest BCUT2D eigenvalue weighted by Gasteiger charge is 2.16. The molecule has 1 N–H and O–H groups in total. The number of aromatic nitrogens is 2. The summed E-state index contributed by atoms with van der Waals surface area (Å²) in [6, 6.07) is 16.2. The lowest BCUT2D eigenvalue weighted by molar-refractivity contribution is 1.28. The van der Waals surface area contributed by atoms with Crippen LogP contribution < -0.4 is 0 Å². The van der Waals surface area contributed by atoms with E-state index >= 15 is 0 Å². The van der Waals surface area contributed by atoms with Crippen molar-refractivity contribution in [2.45, 2.75) is 20.8 Å². The van der Waals surface area contributed by atoms with E-state index in [1.807, 2.05) is 36.4 Å². The second-order valence-electron chi connectivity index (χ2n) is 5.85. The van der Waals surface area contributed by atoms with Gasteiger partial charge in [-0.25, -0.2) is 4.98 Å². The molecule has 4 heteroatoms. The van der Waals surface area contributed by atoms with E-state index in [2.05, 4.69) is 42.9 Å². The summed E-state index contributed by atoms with van der Waals surface area (Å²) in [6.07, 6.45) is 0. The Morgan fingerprint density at radius 1 is 0.917 bits per heavy atom. The highest BCUT2D eigenvalue weighted by molar-refractivity contribution is 5.84. The summed E-state index contributed by atoms with van der Waals surface area (Å²) >= 11 is 0. The van der Waals surface area contributed by atoms with Gasteiger partial charge in [-0.3, -0.25) is 0 Å². The summed E-state index contributed by atoms with van der Waals surface area (Å²) < 4.78 is 0. The van der Waals surface area contributed by atoms with Gasteiger partial charge in [0.2, 0.25) is 0 Å². The zero-order valence-corrected chi connectivity index (χ0v) is 13.8. The number of aryl methyl sites for hydroxylation is 3. The molecule has 0 saturated carbocycles. The molecule has 24 heavy (non-hydrogen) atoms. The van der Waals surface area contributed by atoms with Crippen LogP contribution in [0.4, 0.5) is 0 Å². The van der Waals surface area contributed by atoms with Crippen LogP contribution in [0.1, 0.15) is 28.1 Å². The lowest BCUT2D eigenvalue weighted by Gasteiger charge is -2.14. The fourth-order valence-corrected chi connectivity index (χ4v) is 3.18. The number of rotatable bonds is 2. The first-order chi connectivity index (χ1) is 11.5. The van der Waals surface area contributed by atoms with Gasteiger partial charge in [0.05, 0.1) is 0 Å². The molecule has 3 aromatic rings. The van der Waals surface area contributed by atoms with Crippen LogP contribution in [0.2, 0.25) is 0 Å². The normalized spacial score (nSPS) is 10.2. The minimum absolute atomic E-state index is 0.125. The minimum Gasteiger partial charge on any atom is -0.329 e. The Balaban J connectivity index is 2.26. The molecule has 1 heterocycles. The van der Waals surface area contributed by atoms with Gasteiger partial charge in [0.15, 0.2) is 11.4 Å². The number of hydrogen-bond acceptors (Lipinski definition) is 3. The predicted octanol–water partition coefficient (Wildman–Crippen LogP) is 4.41. The number of aromatic amines is 1. The Labute approximate surface area is 141 Å². The molecule has 0 saturated heterocycles. The molecular formula is C20H16N4. The van der Waals surface area contributed by atoms with Gasteiger partial charge in [-0.05, 0) is 43.0 Å². The smallest absolute Gasteiger partial charge is 0.177 e. The van der Waals surface area contributed by atoms with Crippen molar-refractivity contribution in [3.05, 3.63) is 64.5 Å². The fourth-order valence-electron chi connectivity index (χ4n) is 3.18. The zero-order chi connectivity index (χ0) is 17.3. The molecule has 0 aliphatic carbocycles. The van der Waals surface area contributed by atoms with E-state index in [1.54, 1.807) is 0 Å². The van der Waals surface area contributed by atoms with Crippen molar-refractivity contribution >= 4 is 0 Å². The molecule has 0 unspecified atom stereocenters. The van der Waals surface area contributed by atoms with Gasteiger partial charge in [0.25, 0.3) is 0 Å². The van der Waals surface area contributed by atoms with Crippen molar-refractivity contribution in [1.82, 2.24) is 9.97 Å². The maximum atomic E-state index is 9.14. The quantitative estimate of drug-likeness (QED) is 0.761. The van der Waals surface area contributed by atoms with Crippen LogP contribution in [0.5, 0.6) is 0 Å². The van der Waals surface area contributed by atoms with E-state index < -0.39 is 0 Å². The predicted molar refractivity (Wildman–Crippen MR) is 93.1 cm³/mol. The van der Waals surface area contributed by atoms with Crippen molar-refractivity contribution < 1.29 is 0 Å². The fraction of sp³-hybridized carbons (Fsp3) is 0.150. The highest BCUT2D eigenvalue weighted by atomic mass is 14.9. The molecule has 0 amide bonds. The Morgan fingerprint density at radius 2 is 1.54 bits per heavy atom. The second-order valence-corrected chi connectivity index (χ2v) is 5.85. The third kappa shape index (κ3) is 2.55. The van der Waals surface area contributed by atoms with Crippen molar-refractivity contribution in [3.8, 4) is 34.7 Å². The number of benzene rings is 2. The lowest BCUT2D eigenvalue weighted by atomic mass is 9.91. The number of nitrogens with zero attached hydrogens (tertiary/aromatic N) is 3. The topological polar surface area (TPSA) is 76.3 Å². The van der Waals surface area contributed by atoms with E-state index in [0.29, 0.717) is 5.82 Å². The van der Waals surface area contributed by atoms with Crippen molar-refractivity contribution in [3.63, 3.8) is 0 Å². The maximum Gasteiger partial charge on any atom is 0.177 e. The van der Waals surface area contributed by atoms with E-state index in [1.165, 1.54) is 16.7 Å². The molecule has 2 aromatic carbocycles. The maximum absolute atomic E-state index is 9.14. The molecular weight excluding hydrogens is 296 g/mol. The number of H-pyrrole nitrogens is 1. The van der Waals surface area contributed by atoms with E-state index in [-0.39, 0.29) is 11.4 Å². The Morgan fingerprint density at radius 3 is 2.08 bits per heavy atom. The van der Waals surface area contributed by atoms with Crippen LogP contribution in [0, 0.1) is 43.4 Å². The van der Waals surface area contributed by atoms with Crippen molar-refractivity contribution in [2.75, 3.05) is 0 Å². The zero-order valence-electron chi connectivity index (χ0n) is 13.8. The molecule has 3 rings (SSSR count).